The van der Waals surface area contributed by atoms with Gasteiger partial charge in [0, 0.05) is 12.6 Å². The molecule has 2 nitrogen and oxygen atoms in total. The Morgan fingerprint density at radius 2 is 2.14 bits per heavy atom. The average Bonchev–Trinajstić information content (AvgIpc) is 2.97. The Labute approximate surface area is 88.1 Å². The van der Waals surface area contributed by atoms with Crippen LogP contribution in [0.1, 0.15) is 32.6 Å². The fourth-order valence-electron chi connectivity index (χ4n) is 2.56. The van der Waals surface area contributed by atoms with Crippen LogP contribution in [0.15, 0.2) is 0 Å². The molecule has 0 bridgehead atoms. The van der Waals surface area contributed by atoms with E-state index in [0.717, 1.165) is 17.9 Å². The molecule has 2 aliphatic rings. The number of nitrogens with one attached hydrogen (secondary N) is 1. The third kappa shape index (κ3) is 2.96. The van der Waals surface area contributed by atoms with Crippen LogP contribution >= 0.6 is 0 Å². The third-order valence-corrected chi connectivity index (χ3v) is 3.78. The van der Waals surface area contributed by atoms with Crippen LogP contribution in [0.3, 0.4) is 0 Å². The van der Waals surface area contributed by atoms with Crippen LogP contribution in [0, 0.1) is 11.8 Å². The summed E-state index contributed by atoms with van der Waals surface area (Å²) in [7, 11) is 2.25. The highest BCUT2D eigenvalue weighted by Gasteiger charge is 2.28. The third-order valence-electron chi connectivity index (χ3n) is 3.78. The zero-order valence-electron chi connectivity index (χ0n) is 9.63. The molecule has 82 valence electrons. The van der Waals surface area contributed by atoms with Gasteiger partial charge in [0.2, 0.25) is 0 Å². The lowest BCUT2D eigenvalue weighted by atomic mass is 9.98. The summed E-state index contributed by atoms with van der Waals surface area (Å²) in [5.41, 5.74) is 0. The van der Waals surface area contributed by atoms with Crippen molar-refractivity contribution in [2.75, 3.05) is 26.7 Å². The maximum atomic E-state index is 3.71. The maximum Gasteiger partial charge on any atom is 0.00671 e. The summed E-state index contributed by atoms with van der Waals surface area (Å²) in [5, 5.41) is 3.71. The van der Waals surface area contributed by atoms with Gasteiger partial charge < -0.3 is 10.2 Å². The van der Waals surface area contributed by atoms with E-state index in [9.17, 15) is 0 Å². The SMILES string of the molecule is CC(NCC1CCCN(C)C1)C1CC1. The molecule has 1 aliphatic heterocycles. The monoisotopic (exact) mass is 196 g/mol. The normalized spacial score (nSPS) is 31.7. The molecule has 0 radical (unpaired) electrons. The van der Waals surface area contributed by atoms with Crippen molar-refractivity contribution < 1.29 is 0 Å². The topological polar surface area (TPSA) is 15.3 Å². The second kappa shape index (κ2) is 4.63. The highest BCUT2D eigenvalue weighted by molar-refractivity contribution is 4.84. The van der Waals surface area contributed by atoms with Gasteiger partial charge in [0.1, 0.15) is 0 Å². The first-order valence-electron chi connectivity index (χ1n) is 6.17. The molecule has 0 aromatic carbocycles. The first-order chi connectivity index (χ1) is 6.75. The van der Waals surface area contributed by atoms with Crippen LogP contribution in [0.4, 0.5) is 0 Å². The van der Waals surface area contributed by atoms with Crippen molar-refractivity contribution in [3.63, 3.8) is 0 Å². The van der Waals surface area contributed by atoms with Gasteiger partial charge in [-0.05, 0) is 64.6 Å². The zero-order valence-corrected chi connectivity index (χ0v) is 9.63. The standard InChI is InChI=1S/C12H24N2/c1-10(12-5-6-12)13-8-11-4-3-7-14(2)9-11/h10-13H,3-9H2,1-2H3. The first-order valence-corrected chi connectivity index (χ1v) is 6.17. The van der Waals surface area contributed by atoms with E-state index in [1.54, 1.807) is 0 Å². The Kier molecular flexibility index (Phi) is 3.45. The molecule has 2 rings (SSSR count). The molecule has 0 spiro atoms. The molecule has 2 unspecified atom stereocenters. The van der Waals surface area contributed by atoms with Crippen molar-refractivity contribution in [3.8, 4) is 0 Å². The lowest BCUT2D eigenvalue weighted by Gasteiger charge is -2.30. The molecule has 2 atom stereocenters. The smallest absolute Gasteiger partial charge is 0.00671 e. The summed E-state index contributed by atoms with van der Waals surface area (Å²) in [6.45, 7) is 6.19. The molecule has 1 aliphatic carbocycles. The molecule has 0 aromatic rings. The van der Waals surface area contributed by atoms with Gasteiger partial charge in [-0.15, -0.1) is 0 Å². The highest BCUT2D eigenvalue weighted by Crippen LogP contribution is 2.32. The molecule has 14 heavy (non-hydrogen) atoms. The molecular weight excluding hydrogens is 172 g/mol. The van der Waals surface area contributed by atoms with Crippen LogP contribution in [-0.4, -0.2) is 37.6 Å². The molecule has 2 heteroatoms. The van der Waals surface area contributed by atoms with Crippen LogP contribution in [0.5, 0.6) is 0 Å². The van der Waals surface area contributed by atoms with Crippen LogP contribution in [0.25, 0.3) is 0 Å². The zero-order chi connectivity index (χ0) is 9.97. The summed E-state index contributed by atoms with van der Waals surface area (Å²) >= 11 is 0. The maximum absolute atomic E-state index is 3.71. The largest absolute Gasteiger partial charge is 0.314 e. The van der Waals surface area contributed by atoms with Crippen molar-refractivity contribution in [2.24, 2.45) is 11.8 Å². The lowest BCUT2D eigenvalue weighted by Crippen LogP contribution is -2.40. The molecule has 1 saturated heterocycles. The minimum Gasteiger partial charge on any atom is -0.314 e. The predicted molar refractivity (Wildman–Crippen MR) is 60.4 cm³/mol. The molecular formula is C12H24N2. The fourth-order valence-corrected chi connectivity index (χ4v) is 2.56. The minimum absolute atomic E-state index is 0.766. The van der Waals surface area contributed by atoms with Crippen molar-refractivity contribution in [1.82, 2.24) is 10.2 Å². The minimum atomic E-state index is 0.766. The van der Waals surface area contributed by atoms with Crippen molar-refractivity contribution in [1.29, 1.82) is 0 Å². The van der Waals surface area contributed by atoms with Crippen LogP contribution < -0.4 is 5.32 Å². The molecule has 1 N–H and O–H groups in total. The van der Waals surface area contributed by atoms with Gasteiger partial charge >= 0.3 is 0 Å². The number of likely N-dealkylation sites (tertiary alicyclic amines) is 1. The van der Waals surface area contributed by atoms with Crippen LogP contribution in [-0.2, 0) is 0 Å². The Hall–Kier alpha value is -0.0800. The van der Waals surface area contributed by atoms with E-state index in [0.29, 0.717) is 0 Å². The Bertz CT molecular complexity index is 177. The van der Waals surface area contributed by atoms with Gasteiger partial charge in [-0.1, -0.05) is 0 Å². The van der Waals surface area contributed by atoms with Gasteiger partial charge in [-0.3, -0.25) is 0 Å². The Morgan fingerprint density at radius 1 is 1.36 bits per heavy atom. The Morgan fingerprint density at radius 3 is 2.79 bits per heavy atom. The van der Waals surface area contributed by atoms with E-state index in [4.69, 9.17) is 0 Å². The van der Waals surface area contributed by atoms with Gasteiger partial charge in [0.15, 0.2) is 0 Å². The van der Waals surface area contributed by atoms with E-state index in [-0.39, 0.29) is 0 Å². The van der Waals surface area contributed by atoms with Gasteiger partial charge in [0.25, 0.3) is 0 Å². The highest BCUT2D eigenvalue weighted by atomic mass is 15.1. The van der Waals surface area contributed by atoms with Crippen molar-refractivity contribution >= 4 is 0 Å². The van der Waals surface area contributed by atoms with E-state index >= 15 is 0 Å². The van der Waals surface area contributed by atoms with Gasteiger partial charge in [-0.25, -0.2) is 0 Å². The first kappa shape index (κ1) is 10.4. The number of nitrogens with zero attached hydrogens (tertiary/aromatic N) is 1. The number of rotatable bonds is 4. The predicted octanol–water partition coefficient (Wildman–Crippen LogP) is 1.72. The van der Waals surface area contributed by atoms with E-state index in [2.05, 4.69) is 24.2 Å². The quantitative estimate of drug-likeness (QED) is 0.736. The van der Waals surface area contributed by atoms with Gasteiger partial charge in [0.05, 0.1) is 0 Å². The average molecular weight is 196 g/mol. The second-order valence-corrected chi connectivity index (χ2v) is 5.30. The lowest BCUT2D eigenvalue weighted by molar-refractivity contribution is 0.202. The van der Waals surface area contributed by atoms with E-state index < -0.39 is 0 Å². The molecule has 0 amide bonds. The molecule has 0 aromatic heterocycles. The number of hydrogen-bond acceptors (Lipinski definition) is 2. The summed E-state index contributed by atoms with van der Waals surface area (Å²) in [6, 6.07) is 0.766. The van der Waals surface area contributed by atoms with Crippen LogP contribution in [0.2, 0.25) is 0 Å². The van der Waals surface area contributed by atoms with E-state index in [1.807, 2.05) is 0 Å². The summed E-state index contributed by atoms with van der Waals surface area (Å²) in [4.78, 5) is 2.47. The number of piperidine rings is 1. The summed E-state index contributed by atoms with van der Waals surface area (Å²) in [5.74, 6) is 1.89. The fraction of sp³-hybridized carbons (Fsp3) is 1.00. The Balaban J connectivity index is 1.63. The van der Waals surface area contributed by atoms with E-state index in [1.165, 1.54) is 45.3 Å². The number of hydrogen-bond donors (Lipinski definition) is 1. The van der Waals surface area contributed by atoms with Gasteiger partial charge in [-0.2, -0.15) is 0 Å². The molecule has 2 fully saturated rings. The molecule has 1 heterocycles. The van der Waals surface area contributed by atoms with Crippen molar-refractivity contribution in [2.45, 2.75) is 38.6 Å². The summed E-state index contributed by atoms with van der Waals surface area (Å²) < 4.78 is 0. The molecule has 1 saturated carbocycles. The summed E-state index contributed by atoms with van der Waals surface area (Å²) in [6.07, 6.45) is 5.73. The second-order valence-electron chi connectivity index (χ2n) is 5.30. The van der Waals surface area contributed by atoms with Crippen molar-refractivity contribution in [3.05, 3.63) is 0 Å².